The van der Waals surface area contributed by atoms with Crippen molar-refractivity contribution in [3.63, 3.8) is 0 Å². The first-order valence-electron chi connectivity index (χ1n) is 9.32. The number of fused-ring (bicyclic) bond motifs is 2. The summed E-state index contributed by atoms with van der Waals surface area (Å²) in [5, 5.41) is 17.1. The molecule has 0 atom stereocenters. The lowest BCUT2D eigenvalue weighted by Gasteiger charge is -2.13. The number of nitro benzene ring substituents is 1. The van der Waals surface area contributed by atoms with E-state index in [-0.39, 0.29) is 17.3 Å². The van der Waals surface area contributed by atoms with Crippen molar-refractivity contribution in [1.29, 1.82) is 0 Å². The van der Waals surface area contributed by atoms with Crippen molar-refractivity contribution < 1.29 is 22.9 Å². The summed E-state index contributed by atoms with van der Waals surface area (Å²) in [6.45, 7) is 0. The Balaban J connectivity index is 1.76. The molecule has 164 valence electrons. The highest BCUT2D eigenvalue weighted by atomic mass is 32.2. The van der Waals surface area contributed by atoms with Gasteiger partial charge in [-0.2, -0.15) is 0 Å². The Bertz CT molecular complexity index is 1370. The molecule has 3 aromatic carbocycles. The Morgan fingerprint density at radius 1 is 0.938 bits per heavy atom. The number of nitrogens with one attached hydrogen (secondary N) is 3. The first-order valence-corrected chi connectivity index (χ1v) is 11.2. The Labute approximate surface area is 183 Å². The average Bonchev–Trinajstić information content (AvgIpc) is 2.87. The summed E-state index contributed by atoms with van der Waals surface area (Å²) in [5.41, 5.74) is 3.42. The van der Waals surface area contributed by atoms with Gasteiger partial charge in [0.25, 0.3) is 5.91 Å². The molecule has 0 aromatic heterocycles. The van der Waals surface area contributed by atoms with Crippen LogP contribution in [-0.2, 0) is 10.0 Å². The van der Waals surface area contributed by atoms with Crippen molar-refractivity contribution in [2.45, 2.75) is 0 Å². The molecule has 0 fully saturated rings. The zero-order chi connectivity index (χ0) is 23.0. The van der Waals surface area contributed by atoms with E-state index in [0.29, 0.717) is 39.4 Å². The van der Waals surface area contributed by atoms with E-state index in [1.807, 2.05) is 0 Å². The number of anilines is 4. The number of amides is 1. The van der Waals surface area contributed by atoms with Crippen LogP contribution in [-0.4, -0.2) is 32.6 Å². The van der Waals surface area contributed by atoms with E-state index in [1.54, 1.807) is 48.5 Å². The third-order valence-corrected chi connectivity index (χ3v) is 5.42. The lowest BCUT2D eigenvalue weighted by atomic mass is 10.0. The van der Waals surface area contributed by atoms with Crippen molar-refractivity contribution in [3.05, 3.63) is 70.3 Å². The molecule has 1 aliphatic rings. The number of nitrogens with zero attached hydrogens (tertiary/aromatic N) is 1. The van der Waals surface area contributed by atoms with Gasteiger partial charge in [-0.15, -0.1) is 0 Å². The molecule has 4 rings (SSSR count). The number of carbonyl (C=O) groups excluding carboxylic acids is 1. The molecule has 0 aliphatic carbocycles. The third kappa shape index (κ3) is 4.18. The second kappa shape index (κ2) is 7.85. The normalized spacial score (nSPS) is 12.5. The molecule has 1 aliphatic heterocycles. The Kier molecular flexibility index (Phi) is 5.18. The number of carbonyl (C=O) groups is 1. The van der Waals surface area contributed by atoms with Gasteiger partial charge in [0, 0.05) is 6.07 Å². The fourth-order valence-corrected chi connectivity index (χ4v) is 3.96. The van der Waals surface area contributed by atoms with Crippen molar-refractivity contribution in [2.24, 2.45) is 0 Å². The van der Waals surface area contributed by atoms with Crippen molar-refractivity contribution in [2.75, 3.05) is 28.7 Å². The lowest BCUT2D eigenvalue weighted by molar-refractivity contribution is -0.385. The first-order chi connectivity index (χ1) is 15.1. The van der Waals surface area contributed by atoms with Gasteiger partial charge in [-0.25, -0.2) is 8.42 Å². The standard InChI is InChI=1S/C21H18N4O6S/c1-31-20-10-13(4-8-19(20)25(27)28)12-3-6-15-17(9-12)22-18-11-14(24-32(2,29)30)5-7-16(18)23-21(15)26/h3-11,22,24H,1-2H3,(H,23,26). The zero-order valence-electron chi connectivity index (χ0n) is 17.0. The molecule has 11 heteroatoms. The largest absolute Gasteiger partial charge is 0.490 e. The topological polar surface area (TPSA) is 140 Å². The van der Waals surface area contributed by atoms with Crippen LogP contribution in [0, 0.1) is 10.1 Å². The van der Waals surface area contributed by atoms with Crippen molar-refractivity contribution in [1.82, 2.24) is 0 Å². The summed E-state index contributed by atoms with van der Waals surface area (Å²) in [7, 11) is -2.11. The van der Waals surface area contributed by atoms with E-state index >= 15 is 0 Å². The molecule has 0 bridgehead atoms. The summed E-state index contributed by atoms with van der Waals surface area (Å²) < 4.78 is 30.6. The van der Waals surface area contributed by atoms with E-state index in [1.165, 1.54) is 13.2 Å². The van der Waals surface area contributed by atoms with E-state index in [0.717, 1.165) is 6.26 Å². The highest BCUT2D eigenvalue weighted by molar-refractivity contribution is 7.92. The summed E-state index contributed by atoms with van der Waals surface area (Å²) in [6.07, 6.45) is 1.05. The number of methoxy groups -OCH3 is 1. The Morgan fingerprint density at radius 3 is 2.34 bits per heavy atom. The summed E-state index contributed by atoms with van der Waals surface area (Å²) in [5.74, 6) is -0.210. The molecule has 3 aromatic rings. The predicted octanol–water partition coefficient (Wildman–Crippen LogP) is 3.95. The van der Waals surface area contributed by atoms with Crippen LogP contribution in [0.1, 0.15) is 10.4 Å². The fraction of sp³-hybridized carbons (Fsp3) is 0.0952. The molecule has 1 amide bonds. The minimum absolute atomic E-state index is 0.120. The second-order valence-corrected chi connectivity index (χ2v) is 8.87. The number of benzene rings is 3. The summed E-state index contributed by atoms with van der Waals surface area (Å²) in [4.78, 5) is 23.3. The molecule has 10 nitrogen and oxygen atoms in total. The molecule has 0 saturated carbocycles. The number of nitro groups is 1. The van der Waals surface area contributed by atoms with Crippen molar-refractivity contribution in [3.8, 4) is 16.9 Å². The predicted molar refractivity (Wildman–Crippen MR) is 121 cm³/mol. The maximum Gasteiger partial charge on any atom is 0.310 e. The zero-order valence-corrected chi connectivity index (χ0v) is 17.8. The van der Waals surface area contributed by atoms with E-state index in [2.05, 4.69) is 15.4 Å². The van der Waals surface area contributed by atoms with Gasteiger partial charge >= 0.3 is 5.69 Å². The van der Waals surface area contributed by atoms with Crippen LogP contribution >= 0.6 is 0 Å². The highest BCUT2D eigenvalue weighted by Crippen LogP contribution is 2.38. The minimum atomic E-state index is -3.47. The highest BCUT2D eigenvalue weighted by Gasteiger charge is 2.21. The van der Waals surface area contributed by atoms with Gasteiger partial charge in [0.2, 0.25) is 10.0 Å². The fourth-order valence-electron chi connectivity index (χ4n) is 3.40. The summed E-state index contributed by atoms with van der Waals surface area (Å²) in [6, 6.07) is 14.3. The van der Waals surface area contributed by atoms with Crippen LogP contribution in [0.4, 0.5) is 28.4 Å². The molecule has 3 N–H and O–H groups in total. The molecule has 0 saturated heterocycles. The van der Waals surface area contributed by atoms with Crippen LogP contribution in [0.5, 0.6) is 5.75 Å². The molecule has 0 spiro atoms. The van der Waals surface area contributed by atoms with Crippen LogP contribution < -0.4 is 20.1 Å². The Hall–Kier alpha value is -4.12. The molecule has 0 radical (unpaired) electrons. The number of hydrogen-bond acceptors (Lipinski definition) is 7. The molecule has 1 heterocycles. The van der Waals surface area contributed by atoms with E-state index in [4.69, 9.17) is 4.74 Å². The Morgan fingerprint density at radius 2 is 1.66 bits per heavy atom. The number of ether oxygens (including phenoxy) is 1. The average molecular weight is 454 g/mol. The monoisotopic (exact) mass is 454 g/mol. The SMILES string of the molecule is COc1cc(-c2ccc3c(c2)Nc2cc(NS(C)(=O)=O)ccc2NC3=O)ccc1[N+](=O)[O-]. The van der Waals surface area contributed by atoms with Crippen LogP contribution in [0.25, 0.3) is 11.1 Å². The van der Waals surface area contributed by atoms with Gasteiger partial charge in [-0.3, -0.25) is 19.6 Å². The second-order valence-electron chi connectivity index (χ2n) is 7.12. The molecular weight excluding hydrogens is 436 g/mol. The molecule has 0 unspecified atom stereocenters. The van der Waals surface area contributed by atoms with E-state index in [9.17, 15) is 23.3 Å². The number of hydrogen-bond donors (Lipinski definition) is 3. The quantitative estimate of drug-likeness (QED) is 0.392. The number of sulfonamides is 1. The van der Waals surface area contributed by atoms with E-state index < -0.39 is 14.9 Å². The van der Waals surface area contributed by atoms with Crippen LogP contribution in [0.3, 0.4) is 0 Å². The first kappa shape index (κ1) is 21.1. The van der Waals surface area contributed by atoms with Gasteiger partial charge < -0.3 is 15.4 Å². The van der Waals surface area contributed by atoms with Crippen LogP contribution in [0.15, 0.2) is 54.6 Å². The summed E-state index contributed by atoms with van der Waals surface area (Å²) >= 11 is 0. The van der Waals surface area contributed by atoms with Crippen molar-refractivity contribution >= 4 is 44.4 Å². The van der Waals surface area contributed by atoms with Gasteiger partial charge in [0.1, 0.15) is 0 Å². The molecule has 32 heavy (non-hydrogen) atoms. The van der Waals surface area contributed by atoms with Gasteiger partial charge in [-0.1, -0.05) is 6.07 Å². The maximum atomic E-state index is 12.7. The number of rotatable bonds is 5. The smallest absolute Gasteiger partial charge is 0.310 e. The lowest BCUT2D eigenvalue weighted by Crippen LogP contribution is -2.11. The van der Waals surface area contributed by atoms with Gasteiger partial charge in [-0.05, 0) is 53.6 Å². The van der Waals surface area contributed by atoms with Crippen LogP contribution in [0.2, 0.25) is 0 Å². The molecular formula is C21H18N4O6S. The minimum Gasteiger partial charge on any atom is -0.490 e. The van der Waals surface area contributed by atoms with Gasteiger partial charge in [0.05, 0.1) is 46.6 Å². The van der Waals surface area contributed by atoms with Gasteiger partial charge in [0.15, 0.2) is 5.75 Å². The maximum absolute atomic E-state index is 12.7. The third-order valence-electron chi connectivity index (χ3n) is 4.81.